The van der Waals surface area contributed by atoms with Crippen molar-refractivity contribution >= 4 is 92.3 Å². The number of aromatic hydroxyl groups is 1. The third kappa shape index (κ3) is 22.4. The van der Waals surface area contributed by atoms with Crippen LogP contribution in [0.15, 0.2) is 213 Å². The molecule has 0 saturated carbocycles. The van der Waals surface area contributed by atoms with E-state index < -0.39 is 0 Å². The van der Waals surface area contributed by atoms with Crippen LogP contribution in [0.1, 0.15) is 99.1 Å². The quantitative estimate of drug-likeness (QED) is 0.0275. The lowest BCUT2D eigenvalue weighted by molar-refractivity contribution is -0.116. The Morgan fingerprint density at radius 2 is 0.848 bits per heavy atom. The zero-order chi connectivity index (χ0) is 66.7. The smallest absolute Gasteiger partial charge is 0.275 e. The number of benzene rings is 7. The molecule has 0 aliphatic carbocycles. The summed E-state index contributed by atoms with van der Waals surface area (Å²) in [6, 6.07) is 49.4. The molecule has 10 rings (SSSR count). The van der Waals surface area contributed by atoms with Gasteiger partial charge in [0.25, 0.3) is 23.6 Å². The average molecular weight is 1230 g/mol. The van der Waals surface area contributed by atoms with Gasteiger partial charge in [0.15, 0.2) is 5.78 Å². The number of para-hydroxylation sites is 1. The van der Waals surface area contributed by atoms with E-state index in [4.69, 9.17) is 22.9 Å². The first-order valence-corrected chi connectivity index (χ1v) is 28.5. The molecule has 0 spiro atoms. The van der Waals surface area contributed by atoms with Crippen molar-refractivity contribution < 1.29 is 38.7 Å². The molecule has 92 heavy (non-hydrogen) atoms. The number of carbonyl (C=O) groups is 7. The lowest BCUT2D eigenvalue weighted by atomic mass is 10.00. The number of pyridine rings is 2. The molecule has 0 aliphatic rings. The van der Waals surface area contributed by atoms with E-state index in [1.807, 2.05) is 88.4 Å². The maximum absolute atomic E-state index is 12.2. The topological polar surface area (TPSA) is 356 Å². The number of phenols is 1. The summed E-state index contributed by atoms with van der Waals surface area (Å²) in [5, 5.41) is 23.1. The molecule has 14 N–H and O–H groups in total. The van der Waals surface area contributed by atoms with Crippen molar-refractivity contribution in [1.82, 2.24) is 19.9 Å². The number of rotatable bonds is 14. The number of aryl methyl sites for hydroxylation is 4. The summed E-state index contributed by atoms with van der Waals surface area (Å²) in [5.74, 6) is -1.04. The molecule has 21 nitrogen and oxygen atoms in total. The van der Waals surface area contributed by atoms with Crippen LogP contribution < -0.4 is 49.5 Å². The molecular weight excluding hydrogens is 1160 g/mol. The fourth-order valence-electron chi connectivity index (χ4n) is 8.29. The van der Waals surface area contributed by atoms with Crippen molar-refractivity contribution in [2.45, 2.75) is 54.4 Å². The first-order valence-electron chi connectivity index (χ1n) is 28.5. The Bertz CT molecular complexity index is 3940. The first-order chi connectivity index (χ1) is 44.0. The molecule has 0 radical (unpaired) electrons. The molecule has 0 unspecified atom stereocenters. The first kappa shape index (κ1) is 68.7. The van der Waals surface area contributed by atoms with Gasteiger partial charge in [0, 0.05) is 79.4 Å². The highest BCUT2D eigenvalue weighted by atomic mass is 16.3. The summed E-state index contributed by atoms with van der Waals surface area (Å²) < 4.78 is 0. The largest absolute Gasteiger partial charge is 0.506 e. The van der Waals surface area contributed by atoms with Crippen molar-refractivity contribution in [2.24, 2.45) is 0 Å². The van der Waals surface area contributed by atoms with Crippen LogP contribution in [0.5, 0.6) is 5.75 Å². The van der Waals surface area contributed by atoms with Gasteiger partial charge in [-0.1, -0.05) is 66.7 Å². The number of anilines is 9. The van der Waals surface area contributed by atoms with E-state index in [0.717, 1.165) is 33.4 Å². The fourth-order valence-corrected chi connectivity index (χ4v) is 8.29. The number of phenolic OH excluding ortho intramolecular Hbond substituents is 1. The SMILES string of the molecule is CC(=O)Cc1ccc(C(=O)Cc2ccccc2N)cc1.CC(=O)Nc1ccc(C(=O)Nc2ccc(C)cc2N)cc1.Cc1ccc(NC(=O)c2cccnc2)c(N)c1.Cc1ccc(NC(=O)c2cccnc2)c(O)c1.Cc1ccc(NC(=O)c2cnccn2)c(N)c1. The summed E-state index contributed by atoms with van der Waals surface area (Å²) in [6.07, 6.45) is 11.3. The van der Waals surface area contributed by atoms with Crippen LogP contribution in [0.4, 0.5) is 51.2 Å². The average Bonchev–Trinajstić information content (AvgIpc) is 1.13. The van der Waals surface area contributed by atoms with Gasteiger partial charge < -0.3 is 54.6 Å². The highest BCUT2D eigenvalue weighted by Gasteiger charge is 2.14. The van der Waals surface area contributed by atoms with Gasteiger partial charge in [0.1, 0.15) is 17.2 Å². The number of Topliss-reactive ketones (excluding diaryl/α,β-unsaturated/α-hetero) is 2. The Kier molecular flexibility index (Phi) is 25.6. The minimum atomic E-state index is -0.325. The molecular formula is C71H71N13O8. The Balaban J connectivity index is 0.000000183. The fraction of sp³-hybridized carbons (Fsp3) is 0.113. The molecule has 5 amide bonds. The van der Waals surface area contributed by atoms with E-state index in [0.29, 0.717) is 86.3 Å². The number of carbonyl (C=O) groups excluding carboxylic acids is 7. The maximum Gasteiger partial charge on any atom is 0.275 e. The number of ketones is 2. The van der Waals surface area contributed by atoms with Gasteiger partial charge in [-0.2, -0.15) is 0 Å². The van der Waals surface area contributed by atoms with Gasteiger partial charge in [-0.3, -0.25) is 48.5 Å². The molecule has 0 aliphatic heterocycles. The number of nitrogens with two attached hydrogens (primary N) is 4. The predicted octanol–water partition coefficient (Wildman–Crippen LogP) is 11.8. The van der Waals surface area contributed by atoms with E-state index >= 15 is 0 Å². The van der Waals surface area contributed by atoms with Crippen molar-refractivity contribution in [2.75, 3.05) is 49.5 Å². The van der Waals surface area contributed by atoms with Gasteiger partial charge in [-0.05, 0) is 171 Å². The summed E-state index contributed by atoms with van der Waals surface area (Å²) >= 11 is 0. The number of hydrogen-bond acceptors (Lipinski definition) is 16. The zero-order valence-electron chi connectivity index (χ0n) is 51.5. The van der Waals surface area contributed by atoms with Crippen LogP contribution in [0.25, 0.3) is 0 Å². The number of nitrogens with zero attached hydrogens (tertiary/aromatic N) is 4. The molecule has 10 aromatic rings. The van der Waals surface area contributed by atoms with Crippen LogP contribution in [0.2, 0.25) is 0 Å². The minimum absolute atomic E-state index is 0.0253. The minimum Gasteiger partial charge on any atom is -0.506 e. The molecule has 0 atom stereocenters. The number of hydrogen-bond donors (Lipinski definition) is 10. The molecule has 468 valence electrons. The molecule has 0 saturated heterocycles. The van der Waals surface area contributed by atoms with E-state index in [1.54, 1.807) is 129 Å². The third-order valence-corrected chi connectivity index (χ3v) is 13.0. The van der Waals surface area contributed by atoms with Gasteiger partial charge in [-0.15, -0.1) is 0 Å². The van der Waals surface area contributed by atoms with Crippen LogP contribution in [-0.4, -0.2) is 66.1 Å². The molecule has 0 fully saturated rings. The molecule has 3 heterocycles. The normalized spacial score (nSPS) is 10.0. The van der Waals surface area contributed by atoms with Gasteiger partial charge in [0.2, 0.25) is 5.91 Å². The Hall–Kier alpha value is -12.4. The zero-order valence-corrected chi connectivity index (χ0v) is 51.5. The number of aromatic nitrogens is 4. The summed E-state index contributed by atoms with van der Waals surface area (Å²) in [7, 11) is 0. The van der Waals surface area contributed by atoms with Gasteiger partial charge in [-0.25, -0.2) is 4.98 Å². The van der Waals surface area contributed by atoms with Crippen LogP contribution in [0.3, 0.4) is 0 Å². The van der Waals surface area contributed by atoms with Gasteiger partial charge >= 0.3 is 0 Å². The second kappa shape index (κ2) is 34.2. The molecule has 0 bridgehead atoms. The van der Waals surface area contributed by atoms with Crippen LogP contribution >= 0.6 is 0 Å². The summed E-state index contributed by atoms with van der Waals surface area (Å²) in [4.78, 5) is 97.2. The van der Waals surface area contributed by atoms with Crippen molar-refractivity contribution in [1.29, 1.82) is 0 Å². The Morgan fingerprint density at radius 3 is 1.28 bits per heavy atom. The van der Waals surface area contributed by atoms with E-state index in [-0.39, 0.29) is 52.5 Å². The third-order valence-electron chi connectivity index (χ3n) is 13.0. The number of amides is 5. The van der Waals surface area contributed by atoms with Gasteiger partial charge in [0.05, 0.1) is 57.1 Å². The van der Waals surface area contributed by atoms with E-state index in [2.05, 4.69) is 46.5 Å². The highest BCUT2D eigenvalue weighted by molar-refractivity contribution is 6.07. The monoisotopic (exact) mass is 1230 g/mol. The standard InChI is InChI=1S/C17H17NO2.C16H17N3O2.C13H13N3O.C13H12N2O2.C12H12N4O/c1-12(19)10-13-6-8-14(9-7-13)17(20)11-15-4-2-3-5-16(15)18;1-10-3-8-15(14(17)9-10)19-16(21)12-4-6-13(7-5-12)18-11(2)20;1-9-4-5-12(11(14)7-9)16-13(17)10-3-2-6-15-8-10;1-9-4-5-11(12(16)7-9)15-13(17)10-3-2-6-14-8-10;1-8-2-3-10(9(13)6-8)16-12(17)11-7-14-4-5-15-11/h2-9H,10-11,18H2,1H3;3-9H,17H2,1-2H3,(H,18,20)(H,19,21);2-8H,14H2,1H3,(H,16,17);2-8,16H,1H3,(H,15,17);2-7H,13H2,1H3,(H,16,17). The second-order valence-corrected chi connectivity index (χ2v) is 20.8. The lowest BCUT2D eigenvalue weighted by Gasteiger charge is -2.09. The number of nitrogens with one attached hydrogen (secondary N) is 5. The highest BCUT2D eigenvalue weighted by Crippen LogP contribution is 2.26. The van der Waals surface area contributed by atoms with Crippen molar-refractivity contribution in [3.63, 3.8) is 0 Å². The van der Waals surface area contributed by atoms with E-state index in [9.17, 15) is 38.7 Å². The molecule has 7 aromatic carbocycles. The van der Waals surface area contributed by atoms with E-state index in [1.165, 1.54) is 37.9 Å². The van der Waals surface area contributed by atoms with Crippen molar-refractivity contribution in [3.8, 4) is 5.75 Å². The summed E-state index contributed by atoms with van der Waals surface area (Å²) in [6.45, 7) is 10.7. The molecule has 3 aromatic heterocycles. The van der Waals surface area contributed by atoms with Crippen LogP contribution in [-0.2, 0) is 22.4 Å². The lowest BCUT2D eigenvalue weighted by Crippen LogP contribution is -2.14. The second-order valence-electron chi connectivity index (χ2n) is 20.8. The molecule has 21 heteroatoms. The number of nitrogen functional groups attached to an aromatic ring is 4. The van der Waals surface area contributed by atoms with Crippen LogP contribution in [0, 0.1) is 27.7 Å². The van der Waals surface area contributed by atoms with Crippen molar-refractivity contribution in [3.05, 3.63) is 275 Å². The summed E-state index contributed by atoms with van der Waals surface area (Å²) in [5.41, 5.74) is 36.5. The maximum atomic E-state index is 12.2. The Labute approximate surface area is 532 Å². The Morgan fingerprint density at radius 1 is 0.402 bits per heavy atom. The predicted molar refractivity (Wildman–Crippen MR) is 362 cm³/mol.